The lowest BCUT2D eigenvalue weighted by molar-refractivity contribution is 0.322. The zero-order chi connectivity index (χ0) is 14.8. The van der Waals surface area contributed by atoms with Crippen LogP contribution in [0.2, 0.25) is 0 Å². The van der Waals surface area contributed by atoms with Gasteiger partial charge >= 0.3 is 0 Å². The maximum absolute atomic E-state index is 8.58. The van der Waals surface area contributed by atoms with Gasteiger partial charge in [0.1, 0.15) is 0 Å². The first-order chi connectivity index (χ1) is 10.2. The van der Waals surface area contributed by atoms with Gasteiger partial charge in [-0.15, -0.1) is 0 Å². The van der Waals surface area contributed by atoms with Gasteiger partial charge in [-0.2, -0.15) is 0 Å². The molecule has 0 atom stereocenters. The second-order valence-corrected chi connectivity index (χ2v) is 5.43. The Morgan fingerprint density at radius 1 is 1.05 bits per heavy atom. The van der Waals surface area contributed by atoms with Crippen molar-refractivity contribution in [2.75, 3.05) is 0 Å². The van der Waals surface area contributed by atoms with Crippen molar-refractivity contribution in [2.45, 2.75) is 19.9 Å². The van der Waals surface area contributed by atoms with Gasteiger partial charge in [0.05, 0.1) is 6.21 Å². The molecule has 0 unspecified atom stereocenters. The molecule has 3 aromatic rings. The number of oxime groups is 1. The van der Waals surface area contributed by atoms with Crippen molar-refractivity contribution in [3.8, 4) is 11.1 Å². The number of nitrogens with zero attached hydrogens (tertiary/aromatic N) is 2. The van der Waals surface area contributed by atoms with Gasteiger partial charge in [-0.3, -0.25) is 0 Å². The number of benzene rings is 2. The Bertz CT molecular complexity index is 783. The lowest BCUT2D eigenvalue weighted by atomic mass is 10.0. The summed E-state index contributed by atoms with van der Waals surface area (Å²) in [5, 5.41) is 12.9. The Hall–Kier alpha value is -2.55. The summed E-state index contributed by atoms with van der Waals surface area (Å²) in [6.45, 7) is 4.38. The molecule has 0 spiro atoms. The van der Waals surface area contributed by atoms with Crippen molar-refractivity contribution in [1.29, 1.82) is 0 Å². The third kappa shape index (κ3) is 2.42. The van der Waals surface area contributed by atoms with E-state index in [4.69, 9.17) is 5.21 Å². The van der Waals surface area contributed by atoms with Crippen LogP contribution in [-0.4, -0.2) is 16.0 Å². The third-order valence-electron chi connectivity index (χ3n) is 3.73. The maximum atomic E-state index is 8.58. The van der Waals surface area contributed by atoms with Gasteiger partial charge in [-0.1, -0.05) is 47.6 Å². The molecule has 21 heavy (non-hydrogen) atoms. The van der Waals surface area contributed by atoms with Gasteiger partial charge in [0.15, 0.2) is 0 Å². The summed E-state index contributed by atoms with van der Waals surface area (Å²) in [5.74, 6) is 0. The number of fused-ring (bicyclic) bond motifs is 1. The standard InChI is InChI=1S/C18H18N2O/c1-13(2)20-12-17(16-5-3-4-6-18(16)20)15-9-7-14(8-10-15)11-19-21/h3-13,21H,1-2H3. The monoisotopic (exact) mass is 278 g/mol. The minimum absolute atomic E-state index is 0.421. The van der Waals surface area contributed by atoms with E-state index >= 15 is 0 Å². The fourth-order valence-corrected chi connectivity index (χ4v) is 2.68. The van der Waals surface area contributed by atoms with Gasteiger partial charge in [0, 0.05) is 28.7 Å². The molecule has 0 amide bonds. The molecule has 0 fully saturated rings. The molecule has 0 aliphatic heterocycles. The molecule has 1 heterocycles. The number of rotatable bonds is 3. The van der Waals surface area contributed by atoms with E-state index in [1.165, 1.54) is 28.2 Å². The van der Waals surface area contributed by atoms with Crippen LogP contribution in [0, 0.1) is 0 Å². The van der Waals surface area contributed by atoms with Gasteiger partial charge < -0.3 is 9.77 Å². The van der Waals surface area contributed by atoms with Crippen molar-refractivity contribution in [3.63, 3.8) is 0 Å². The normalized spacial score (nSPS) is 11.8. The lowest BCUT2D eigenvalue weighted by Gasteiger charge is -2.08. The number of para-hydroxylation sites is 1. The molecule has 0 bridgehead atoms. The van der Waals surface area contributed by atoms with Crippen molar-refractivity contribution in [3.05, 3.63) is 60.3 Å². The summed E-state index contributed by atoms with van der Waals surface area (Å²) >= 11 is 0. The zero-order valence-corrected chi connectivity index (χ0v) is 12.2. The van der Waals surface area contributed by atoms with Crippen molar-refractivity contribution >= 4 is 17.1 Å². The smallest absolute Gasteiger partial charge is 0.0733 e. The molecule has 0 aliphatic carbocycles. The van der Waals surface area contributed by atoms with Crippen molar-refractivity contribution < 1.29 is 5.21 Å². The fraction of sp³-hybridized carbons (Fsp3) is 0.167. The van der Waals surface area contributed by atoms with Crippen LogP contribution in [0.1, 0.15) is 25.5 Å². The van der Waals surface area contributed by atoms with E-state index in [2.05, 4.69) is 66.2 Å². The summed E-state index contributed by atoms with van der Waals surface area (Å²) in [6.07, 6.45) is 3.64. The Morgan fingerprint density at radius 3 is 2.43 bits per heavy atom. The molecule has 0 saturated heterocycles. The molecule has 3 heteroatoms. The summed E-state index contributed by atoms with van der Waals surface area (Å²) in [7, 11) is 0. The predicted octanol–water partition coefficient (Wildman–Crippen LogP) is 4.70. The van der Waals surface area contributed by atoms with Crippen LogP contribution in [0.5, 0.6) is 0 Å². The molecule has 3 nitrogen and oxygen atoms in total. The van der Waals surface area contributed by atoms with Crippen LogP contribution >= 0.6 is 0 Å². The van der Waals surface area contributed by atoms with Crippen molar-refractivity contribution in [2.24, 2.45) is 5.16 Å². The second kappa shape index (κ2) is 5.44. The Kier molecular flexibility index (Phi) is 3.48. The molecular weight excluding hydrogens is 260 g/mol. The first-order valence-corrected chi connectivity index (χ1v) is 7.08. The van der Waals surface area contributed by atoms with E-state index < -0.39 is 0 Å². The Balaban J connectivity index is 2.16. The number of aromatic nitrogens is 1. The van der Waals surface area contributed by atoms with Crippen LogP contribution in [-0.2, 0) is 0 Å². The lowest BCUT2D eigenvalue weighted by Crippen LogP contribution is -1.97. The predicted molar refractivity (Wildman–Crippen MR) is 87.1 cm³/mol. The van der Waals surface area contributed by atoms with Gasteiger partial charge in [0.25, 0.3) is 0 Å². The van der Waals surface area contributed by atoms with Crippen LogP contribution in [0.3, 0.4) is 0 Å². The van der Waals surface area contributed by atoms with E-state index in [0.29, 0.717) is 6.04 Å². The SMILES string of the molecule is CC(C)n1cc(-c2ccc(C=NO)cc2)c2ccccc21. The van der Waals surface area contributed by atoms with E-state index in [1.807, 2.05) is 12.1 Å². The van der Waals surface area contributed by atoms with Crippen LogP contribution in [0.15, 0.2) is 59.9 Å². The van der Waals surface area contributed by atoms with Crippen LogP contribution in [0.25, 0.3) is 22.0 Å². The number of hydrogen-bond acceptors (Lipinski definition) is 2. The summed E-state index contributed by atoms with van der Waals surface area (Å²) < 4.78 is 2.30. The van der Waals surface area contributed by atoms with Gasteiger partial charge in [0.2, 0.25) is 0 Å². The quantitative estimate of drug-likeness (QED) is 0.421. The average molecular weight is 278 g/mol. The molecule has 0 radical (unpaired) electrons. The summed E-state index contributed by atoms with van der Waals surface area (Å²) in [6, 6.07) is 16.9. The summed E-state index contributed by atoms with van der Waals surface area (Å²) in [5.41, 5.74) is 4.53. The molecular formula is C18H18N2O. The minimum Gasteiger partial charge on any atom is -0.411 e. The maximum Gasteiger partial charge on any atom is 0.0733 e. The fourth-order valence-electron chi connectivity index (χ4n) is 2.68. The average Bonchev–Trinajstić information content (AvgIpc) is 2.88. The van der Waals surface area contributed by atoms with Crippen molar-refractivity contribution in [1.82, 2.24) is 4.57 Å². The minimum atomic E-state index is 0.421. The first-order valence-electron chi connectivity index (χ1n) is 7.08. The highest BCUT2D eigenvalue weighted by molar-refractivity contribution is 5.96. The Morgan fingerprint density at radius 2 is 1.76 bits per heavy atom. The van der Waals surface area contributed by atoms with E-state index in [-0.39, 0.29) is 0 Å². The molecule has 106 valence electrons. The van der Waals surface area contributed by atoms with Gasteiger partial charge in [-0.25, -0.2) is 0 Å². The molecule has 1 N–H and O–H groups in total. The number of hydrogen-bond donors (Lipinski definition) is 1. The highest BCUT2D eigenvalue weighted by Gasteiger charge is 2.11. The second-order valence-electron chi connectivity index (χ2n) is 5.43. The van der Waals surface area contributed by atoms with Crippen LogP contribution < -0.4 is 0 Å². The van der Waals surface area contributed by atoms with E-state index in [0.717, 1.165) is 5.56 Å². The molecule has 2 aromatic carbocycles. The largest absolute Gasteiger partial charge is 0.411 e. The summed E-state index contributed by atoms with van der Waals surface area (Å²) in [4.78, 5) is 0. The molecule has 3 rings (SSSR count). The molecule has 1 aromatic heterocycles. The zero-order valence-electron chi connectivity index (χ0n) is 12.2. The highest BCUT2D eigenvalue weighted by atomic mass is 16.4. The van der Waals surface area contributed by atoms with Gasteiger partial charge in [-0.05, 0) is 31.0 Å². The van der Waals surface area contributed by atoms with Crippen LogP contribution in [0.4, 0.5) is 0 Å². The third-order valence-corrected chi connectivity index (χ3v) is 3.73. The first kappa shape index (κ1) is 13.4. The van der Waals surface area contributed by atoms with E-state index in [1.54, 1.807) is 0 Å². The van der Waals surface area contributed by atoms with E-state index in [9.17, 15) is 0 Å². The highest BCUT2D eigenvalue weighted by Crippen LogP contribution is 2.32. The topological polar surface area (TPSA) is 37.5 Å². The molecule has 0 aliphatic rings. The Labute approximate surface area is 124 Å². The molecule has 0 saturated carbocycles.